The number of halogens is 2. The molecule has 0 amide bonds. The van der Waals surface area contributed by atoms with Crippen molar-refractivity contribution in [1.82, 2.24) is 9.80 Å². The lowest BCUT2D eigenvalue weighted by atomic mass is 9.98. The van der Waals surface area contributed by atoms with Gasteiger partial charge < -0.3 is 9.80 Å². The zero-order chi connectivity index (χ0) is 16.1. The van der Waals surface area contributed by atoms with E-state index in [-0.39, 0.29) is 36.5 Å². The zero-order valence-electron chi connectivity index (χ0n) is 15.3. The maximum atomic E-state index is 12.5. The average Bonchev–Trinajstić information content (AvgIpc) is 2.49. The van der Waals surface area contributed by atoms with Gasteiger partial charge in [-0.25, -0.2) is 0 Å². The first kappa shape index (κ1) is 23.4. The van der Waals surface area contributed by atoms with Crippen molar-refractivity contribution in [2.75, 3.05) is 39.3 Å². The molecular formula is C19H32Cl2N2O. The number of benzene rings is 1. The largest absolute Gasteiger partial charge is 0.301 e. The Labute approximate surface area is 159 Å². The van der Waals surface area contributed by atoms with Gasteiger partial charge in [0, 0.05) is 50.7 Å². The minimum absolute atomic E-state index is 0. The van der Waals surface area contributed by atoms with Gasteiger partial charge in [0.2, 0.25) is 0 Å². The molecule has 1 unspecified atom stereocenters. The van der Waals surface area contributed by atoms with Crippen molar-refractivity contribution < 1.29 is 4.79 Å². The fourth-order valence-electron chi connectivity index (χ4n) is 3.14. The summed E-state index contributed by atoms with van der Waals surface area (Å²) < 4.78 is 0. The molecule has 1 aliphatic heterocycles. The van der Waals surface area contributed by atoms with Crippen molar-refractivity contribution in [3.05, 3.63) is 35.4 Å². The van der Waals surface area contributed by atoms with Crippen molar-refractivity contribution >= 4 is 30.6 Å². The van der Waals surface area contributed by atoms with Gasteiger partial charge in [-0.2, -0.15) is 0 Å². The molecule has 1 aliphatic rings. The number of carbonyl (C=O) groups is 1. The predicted octanol–water partition coefficient (Wildman–Crippen LogP) is 3.93. The van der Waals surface area contributed by atoms with E-state index in [1.807, 2.05) is 31.2 Å². The van der Waals surface area contributed by atoms with Crippen LogP contribution in [0.25, 0.3) is 0 Å². The number of hydrogen-bond donors (Lipinski definition) is 0. The number of piperazine rings is 1. The van der Waals surface area contributed by atoms with Crippen LogP contribution in [0.5, 0.6) is 0 Å². The molecule has 1 atom stereocenters. The van der Waals surface area contributed by atoms with Gasteiger partial charge in [-0.3, -0.25) is 4.79 Å². The Balaban J connectivity index is 0.00000264. The van der Waals surface area contributed by atoms with E-state index in [2.05, 4.69) is 30.6 Å². The van der Waals surface area contributed by atoms with Gasteiger partial charge in [-0.1, -0.05) is 50.6 Å². The van der Waals surface area contributed by atoms with E-state index in [0.29, 0.717) is 0 Å². The number of hydrogen-bond acceptors (Lipinski definition) is 3. The topological polar surface area (TPSA) is 23.6 Å². The number of carbonyl (C=O) groups excluding carboxylic acids is 1. The molecule has 1 aromatic carbocycles. The van der Waals surface area contributed by atoms with E-state index in [0.717, 1.165) is 44.2 Å². The average molecular weight is 375 g/mol. The fourth-order valence-corrected chi connectivity index (χ4v) is 3.14. The molecule has 0 spiro atoms. The highest BCUT2D eigenvalue weighted by atomic mass is 35.5. The quantitative estimate of drug-likeness (QED) is 0.704. The molecule has 0 radical (unpaired) electrons. The molecule has 0 bridgehead atoms. The smallest absolute Gasteiger partial charge is 0.166 e. The Bertz CT molecular complexity index is 483. The first-order chi connectivity index (χ1) is 10.5. The maximum absolute atomic E-state index is 12.5. The summed E-state index contributed by atoms with van der Waals surface area (Å²) in [6.45, 7) is 15.1. The summed E-state index contributed by atoms with van der Waals surface area (Å²) in [7, 11) is 0. The van der Waals surface area contributed by atoms with Gasteiger partial charge in [0.25, 0.3) is 0 Å². The van der Waals surface area contributed by atoms with Crippen LogP contribution in [0.4, 0.5) is 0 Å². The SMILES string of the molecule is Cc1ccc(C(=O)C(C)CN2CCN(CC(C)C)CC2)cc1.Cl.Cl. The third-order valence-electron chi connectivity index (χ3n) is 4.40. The summed E-state index contributed by atoms with van der Waals surface area (Å²) in [5, 5.41) is 0. The number of rotatable bonds is 6. The molecule has 0 N–H and O–H groups in total. The molecule has 0 saturated carbocycles. The van der Waals surface area contributed by atoms with Crippen LogP contribution >= 0.6 is 24.8 Å². The lowest BCUT2D eigenvalue weighted by Crippen LogP contribution is -2.48. The van der Waals surface area contributed by atoms with E-state index >= 15 is 0 Å². The van der Waals surface area contributed by atoms with Crippen LogP contribution in [0, 0.1) is 18.8 Å². The van der Waals surface area contributed by atoms with Crippen LogP contribution < -0.4 is 0 Å². The fraction of sp³-hybridized carbons (Fsp3) is 0.632. The summed E-state index contributed by atoms with van der Waals surface area (Å²) in [4.78, 5) is 17.5. The molecule has 0 aromatic heterocycles. The summed E-state index contributed by atoms with van der Waals surface area (Å²) in [5.74, 6) is 1.07. The molecule has 1 aromatic rings. The van der Waals surface area contributed by atoms with E-state index in [9.17, 15) is 4.79 Å². The highest BCUT2D eigenvalue weighted by Crippen LogP contribution is 2.13. The molecule has 24 heavy (non-hydrogen) atoms. The maximum Gasteiger partial charge on any atom is 0.166 e. The van der Waals surface area contributed by atoms with Crippen LogP contribution in [-0.2, 0) is 0 Å². The van der Waals surface area contributed by atoms with Gasteiger partial charge in [0.1, 0.15) is 0 Å². The molecule has 0 aliphatic carbocycles. The second kappa shape index (κ2) is 11.1. The van der Waals surface area contributed by atoms with Crippen LogP contribution in [0.1, 0.15) is 36.7 Å². The first-order valence-corrected chi connectivity index (χ1v) is 8.51. The van der Waals surface area contributed by atoms with Gasteiger partial charge in [-0.15, -0.1) is 24.8 Å². The summed E-state index contributed by atoms with van der Waals surface area (Å²) >= 11 is 0. The second-order valence-corrected chi connectivity index (χ2v) is 7.13. The Kier molecular flexibility index (Phi) is 10.8. The van der Waals surface area contributed by atoms with E-state index in [4.69, 9.17) is 0 Å². The Morgan fingerprint density at radius 1 is 0.917 bits per heavy atom. The summed E-state index contributed by atoms with van der Waals surface area (Å²) in [5.41, 5.74) is 2.04. The number of nitrogens with zero attached hydrogens (tertiary/aromatic N) is 2. The van der Waals surface area contributed by atoms with Crippen molar-refractivity contribution in [2.24, 2.45) is 11.8 Å². The highest BCUT2D eigenvalue weighted by molar-refractivity contribution is 5.97. The lowest BCUT2D eigenvalue weighted by molar-refractivity contribution is 0.0820. The standard InChI is InChI=1S/C19H30N2O.2ClH/c1-15(2)13-20-9-11-21(12-10-20)14-17(4)19(22)18-7-5-16(3)6-8-18;;/h5-8,15,17H,9-14H2,1-4H3;2*1H. The van der Waals surface area contributed by atoms with Crippen molar-refractivity contribution in [3.8, 4) is 0 Å². The molecule has 1 saturated heterocycles. The molecular weight excluding hydrogens is 343 g/mol. The third-order valence-corrected chi connectivity index (χ3v) is 4.40. The van der Waals surface area contributed by atoms with E-state index in [1.54, 1.807) is 0 Å². The van der Waals surface area contributed by atoms with Crippen molar-refractivity contribution in [1.29, 1.82) is 0 Å². The molecule has 1 heterocycles. The lowest BCUT2D eigenvalue weighted by Gasteiger charge is -2.36. The van der Waals surface area contributed by atoms with Gasteiger partial charge in [-0.05, 0) is 12.8 Å². The monoisotopic (exact) mass is 374 g/mol. The predicted molar refractivity (Wildman–Crippen MR) is 107 cm³/mol. The van der Waals surface area contributed by atoms with E-state index < -0.39 is 0 Å². The molecule has 138 valence electrons. The highest BCUT2D eigenvalue weighted by Gasteiger charge is 2.22. The zero-order valence-corrected chi connectivity index (χ0v) is 17.0. The van der Waals surface area contributed by atoms with Crippen LogP contribution in [0.15, 0.2) is 24.3 Å². The first-order valence-electron chi connectivity index (χ1n) is 8.51. The number of aryl methyl sites for hydroxylation is 1. The van der Waals surface area contributed by atoms with Gasteiger partial charge in [0.05, 0.1) is 0 Å². The third kappa shape index (κ3) is 7.10. The normalized spacial score (nSPS) is 17.0. The van der Waals surface area contributed by atoms with E-state index in [1.165, 1.54) is 12.1 Å². The van der Waals surface area contributed by atoms with Crippen molar-refractivity contribution in [2.45, 2.75) is 27.7 Å². The minimum Gasteiger partial charge on any atom is -0.301 e. The van der Waals surface area contributed by atoms with Crippen molar-refractivity contribution in [3.63, 3.8) is 0 Å². The molecule has 5 heteroatoms. The van der Waals surface area contributed by atoms with Gasteiger partial charge in [0.15, 0.2) is 5.78 Å². The molecule has 3 nitrogen and oxygen atoms in total. The Hall–Kier alpha value is -0.610. The summed E-state index contributed by atoms with van der Waals surface area (Å²) in [6.07, 6.45) is 0. The molecule has 1 fully saturated rings. The van der Waals surface area contributed by atoms with Crippen LogP contribution in [-0.4, -0.2) is 54.9 Å². The van der Waals surface area contributed by atoms with Crippen LogP contribution in [0.3, 0.4) is 0 Å². The Morgan fingerprint density at radius 2 is 1.38 bits per heavy atom. The number of ketones is 1. The van der Waals surface area contributed by atoms with Crippen LogP contribution in [0.2, 0.25) is 0 Å². The minimum atomic E-state index is 0. The molecule has 2 rings (SSSR count). The summed E-state index contributed by atoms with van der Waals surface area (Å²) in [6, 6.07) is 7.94. The number of Topliss-reactive ketones (excluding diaryl/α,β-unsaturated/α-hetero) is 1. The second-order valence-electron chi connectivity index (χ2n) is 7.13. The van der Waals surface area contributed by atoms with Gasteiger partial charge >= 0.3 is 0 Å². The Morgan fingerprint density at radius 3 is 1.83 bits per heavy atom.